The molecule has 1 aliphatic rings. The summed E-state index contributed by atoms with van der Waals surface area (Å²) in [5.41, 5.74) is 0.979. The third kappa shape index (κ3) is 2.56. The monoisotopic (exact) mass is 275 g/mol. The lowest BCUT2D eigenvalue weighted by Crippen LogP contribution is -2.39. The number of furan rings is 1. The van der Waals surface area contributed by atoms with Crippen molar-refractivity contribution in [1.82, 2.24) is 20.5 Å². The van der Waals surface area contributed by atoms with Crippen LogP contribution >= 0.6 is 0 Å². The maximum Gasteiger partial charge on any atom is 0.245 e. The van der Waals surface area contributed by atoms with Crippen molar-refractivity contribution < 1.29 is 4.42 Å². The van der Waals surface area contributed by atoms with Gasteiger partial charge >= 0.3 is 0 Å². The highest BCUT2D eigenvalue weighted by molar-refractivity contribution is 5.58. The topological polar surface area (TPSA) is 70.0 Å². The van der Waals surface area contributed by atoms with Crippen LogP contribution in [0.4, 0.5) is 5.95 Å². The normalized spacial score (nSPS) is 19.5. The van der Waals surface area contributed by atoms with Crippen LogP contribution in [0, 0.1) is 12.8 Å². The molecule has 0 amide bonds. The molecule has 0 radical (unpaired) electrons. The number of anilines is 1. The Morgan fingerprint density at radius 2 is 2.45 bits per heavy atom. The second-order valence-corrected chi connectivity index (χ2v) is 5.39. The molecule has 0 bridgehead atoms. The Hall–Kier alpha value is -1.82. The van der Waals surface area contributed by atoms with Crippen molar-refractivity contribution in [3.05, 3.63) is 18.1 Å². The molecule has 6 nitrogen and oxygen atoms in total. The minimum absolute atomic E-state index is 0.673. The molecule has 20 heavy (non-hydrogen) atoms. The van der Waals surface area contributed by atoms with E-state index < -0.39 is 0 Å². The number of rotatable bonds is 4. The van der Waals surface area contributed by atoms with Gasteiger partial charge in [0, 0.05) is 13.1 Å². The fourth-order valence-corrected chi connectivity index (χ4v) is 2.85. The van der Waals surface area contributed by atoms with E-state index in [1.807, 2.05) is 20.0 Å². The average Bonchev–Trinajstić information content (AvgIpc) is 3.08. The standard InChI is InChI=1S/C14H21N5O/c1-10-12(5-7-20-10)13-16-14(18-17-13)19-6-3-4-11(9-19)8-15-2/h5,7,11,15H,3-4,6,8-9H2,1-2H3,(H,16,17,18). The molecule has 1 unspecified atom stereocenters. The number of hydrogen-bond donors (Lipinski definition) is 2. The van der Waals surface area contributed by atoms with Gasteiger partial charge in [-0.25, -0.2) is 0 Å². The Balaban J connectivity index is 1.75. The molecular formula is C14H21N5O. The van der Waals surface area contributed by atoms with Crippen LogP contribution in [0.2, 0.25) is 0 Å². The first-order chi connectivity index (χ1) is 9.78. The smallest absolute Gasteiger partial charge is 0.245 e. The van der Waals surface area contributed by atoms with Crippen LogP contribution in [0.3, 0.4) is 0 Å². The highest BCUT2D eigenvalue weighted by Gasteiger charge is 2.22. The minimum Gasteiger partial charge on any atom is -0.469 e. The summed E-state index contributed by atoms with van der Waals surface area (Å²) in [6.07, 6.45) is 4.15. The fourth-order valence-electron chi connectivity index (χ4n) is 2.85. The van der Waals surface area contributed by atoms with Crippen molar-refractivity contribution in [3.63, 3.8) is 0 Å². The Morgan fingerprint density at radius 1 is 1.55 bits per heavy atom. The van der Waals surface area contributed by atoms with Crippen molar-refractivity contribution in [2.24, 2.45) is 5.92 Å². The van der Waals surface area contributed by atoms with Crippen LogP contribution in [0.25, 0.3) is 11.4 Å². The number of H-pyrrole nitrogens is 1. The van der Waals surface area contributed by atoms with Gasteiger partial charge in [-0.2, -0.15) is 4.98 Å². The molecule has 108 valence electrons. The van der Waals surface area contributed by atoms with Gasteiger partial charge in [0.1, 0.15) is 5.76 Å². The Bertz CT molecular complexity index is 559. The number of nitrogens with one attached hydrogen (secondary N) is 2. The van der Waals surface area contributed by atoms with Gasteiger partial charge in [0.2, 0.25) is 5.95 Å². The van der Waals surface area contributed by atoms with E-state index in [0.29, 0.717) is 5.92 Å². The van der Waals surface area contributed by atoms with Crippen LogP contribution in [0.1, 0.15) is 18.6 Å². The molecule has 3 heterocycles. The van der Waals surface area contributed by atoms with E-state index in [9.17, 15) is 0 Å². The molecule has 1 saturated heterocycles. The van der Waals surface area contributed by atoms with E-state index >= 15 is 0 Å². The lowest BCUT2D eigenvalue weighted by molar-refractivity contribution is 0.399. The fraction of sp³-hybridized carbons (Fsp3) is 0.571. The van der Waals surface area contributed by atoms with Gasteiger partial charge in [0.05, 0.1) is 11.8 Å². The van der Waals surface area contributed by atoms with E-state index in [4.69, 9.17) is 4.42 Å². The molecule has 3 rings (SSSR count). The second kappa shape index (κ2) is 5.66. The summed E-state index contributed by atoms with van der Waals surface area (Å²) < 4.78 is 5.31. The molecule has 2 aromatic heterocycles. The molecule has 1 fully saturated rings. The molecule has 0 spiro atoms. The third-order valence-electron chi connectivity index (χ3n) is 3.88. The van der Waals surface area contributed by atoms with Crippen LogP contribution in [0.15, 0.2) is 16.7 Å². The molecule has 0 aromatic carbocycles. The largest absolute Gasteiger partial charge is 0.469 e. The highest BCUT2D eigenvalue weighted by Crippen LogP contribution is 2.24. The van der Waals surface area contributed by atoms with Crippen LogP contribution < -0.4 is 10.2 Å². The average molecular weight is 275 g/mol. The maximum atomic E-state index is 5.31. The van der Waals surface area contributed by atoms with E-state index in [0.717, 1.165) is 42.7 Å². The molecule has 2 aromatic rings. The SMILES string of the molecule is CNCC1CCCN(c2n[nH]c(-c3ccoc3C)n2)C1. The van der Waals surface area contributed by atoms with Crippen molar-refractivity contribution in [2.75, 3.05) is 31.6 Å². The molecule has 6 heteroatoms. The minimum atomic E-state index is 0.673. The van der Waals surface area contributed by atoms with Gasteiger partial charge < -0.3 is 14.6 Å². The molecule has 2 N–H and O–H groups in total. The molecule has 1 atom stereocenters. The van der Waals surface area contributed by atoms with E-state index in [1.54, 1.807) is 6.26 Å². The van der Waals surface area contributed by atoms with E-state index in [1.165, 1.54) is 12.8 Å². The zero-order chi connectivity index (χ0) is 13.9. The van der Waals surface area contributed by atoms with Crippen molar-refractivity contribution >= 4 is 5.95 Å². The zero-order valence-electron chi connectivity index (χ0n) is 12.0. The summed E-state index contributed by atoms with van der Waals surface area (Å²) in [5, 5.41) is 10.6. The molecule has 0 aliphatic carbocycles. The van der Waals surface area contributed by atoms with Crippen molar-refractivity contribution in [3.8, 4) is 11.4 Å². The number of nitrogens with zero attached hydrogens (tertiary/aromatic N) is 3. The number of hydrogen-bond acceptors (Lipinski definition) is 5. The highest BCUT2D eigenvalue weighted by atomic mass is 16.3. The Labute approximate surface area is 118 Å². The summed E-state index contributed by atoms with van der Waals surface area (Å²) in [4.78, 5) is 6.88. The molecule has 0 saturated carbocycles. The summed E-state index contributed by atoms with van der Waals surface area (Å²) in [7, 11) is 2.01. The van der Waals surface area contributed by atoms with Crippen LogP contribution in [-0.4, -0.2) is 41.9 Å². The summed E-state index contributed by atoms with van der Waals surface area (Å²) in [6, 6.07) is 1.92. The number of aromatic amines is 1. The van der Waals surface area contributed by atoms with Gasteiger partial charge in [-0.15, -0.1) is 5.10 Å². The van der Waals surface area contributed by atoms with Crippen molar-refractivity contribution in [1.29, 1.82) is 0 Å². The number of aromatic nitrogens is 3. The molecule has 1 aliphatic heterocycles. The predicted octanol–water partition coefficient (Wildman–Crippen LogP) is 1.81. The first kappa shape index (κ1) is 13.2. The van der Waals surface area contributed by atoms with Gasteiger partial charge in [0.15, 0.2) is 5.82 Å². The lowest BCUT2D eigenvalue weighted by Gasteiger charge is -2.31. The first-order valence-corrected chi connectivity index (χ1v) is 7.14. The Kier molecular flexibility index (Phi) is 3.73. The van der Waals surface area contributed by atoms with Crippen molar-refractivity contribution in [2.45, 2.75) is 19.8 Å². The summed E-state index contributed by atoms with van der Waals surface area (Å²) in [5.74, 6) is 3.11. The van der Waals surface area contributed by atoms with Crippen LogP contribution in [-0.2, 0) is 0 Å². The van der Waals surface area contributed by atoms with E-state index in [-0.39, 0.29) is 0 Å². The lowest BCUT2D eigenvalue weighted by atomic mass is 9.98. The van der Waals surface area contributed by atoms with Crippen LogP contribution in [0.5, 0.6) is 0 Å². The number of piperidine rings is 1. The summed E-state index contributed by atoms with van der Waals surface area (Å²) in [6.45, 7) is 5.03. The van der Waals surface area contributed by atoms with Gasteiger partial charge in [-0.1, -0.05) is 0 Å². The summed E-state index contributed by atoms with van der Waals surface area (Å²) >= 11 is 0. The number of aryl methyl sites for hydroxylation is 1. The van der Waals surface area contributed by atoms with Gasteiger partial charge in [0.25, 0.3) is 0 Å². The Morgan fingerprint density at radius 3 is 3.20 bits per heavy atom. The van der Waals surface area contributed by atoms with Gasteiger partial charge in [-0.3, -0.25) is 5.10 Å². The zero-order valence-corrected chi connectivity index (χ0v) is 12.0. The predicted molar refractivity (Wildman–Crippen MR) is 77.7 cm³/mol. The first-order valence-electron chi connectivity index (χ1n) is 7.14. The van der Waals surface area contributed by atoms with E-state index in [2.05, 4.69) is 25.4 Å². The quantitative estimate of drug-likeness (QED) is 0.890. The van der Waals surface area contributed by atoms with Gasteiger partial charge in [-0.05, 0) is 45.3 Å². The molecular weight excluding hydrogens is 254 g/mol. The third-order valence-corrected chi connectivity index (χ3v) is 3.88. The second-order valence-electron chi connectivity index (χ2n) is 5.39. The maximum absolute atomic E-state index is 5.31.